The van der Waals surface area contributed by atoms with Gasteiger partial charge in [-0.05, 0) is 31.9 Å². The van der Waals surface area contributed by atoms with Crippen LogP contribution in [0.5, 0.6) is 0 Å². The summed E-state index contributed by atoms with van der Waals surface area (Å²) in [6, 6.07) is 11.2. The first-order valence-corrected chi connectivity index (χ1v) is 11.6. The third-order valence-electron chi connectivity index (χ3n) is 5.22. The SMILES string of the molecule is CCNC(=NCCc1nc(C(C)(C)C)cs1)NC1CCN(c2ccccc2)CC1.I. The number of aliphatic imine (C=N–C) groups is 1. The molecule has 0 spiro atoms. The third-order valence-corrected chi connectivity index (χ3v) is 6.13. The van der Waals surface area contributed by atoms with Gasteiger partial charge in [-0.3, -0.25) is 4.99 Å². The van der Waals surface area contributed by atoms with Crippen molar-refractivity contribution in [2.75, 3.05) is 31.1 Å². The van der Waals surface area contributed by atoms with Crippen molar-refractivity contribution < 1.29 is 0 Å². The Morgan fingerprint density at radius 3 is 2.50 bits per heavy atom. The number of guanidine groups is 1. The number of anilines is 1. The summed E-state index contributed by atoms with van der Waals surface area (Å²) in [7, 11) is 0. The summed E-state index contributed by atoms with van der Waals surface area (Å²) >= 11 is 1.75. The van der Waals surface area contributed by atoms with Crippen molar-refractivity contribution >= 4 is 47.0 Å². The first-order valence-electron chi connectivity index (χ1n) is 10.8. The average molecular weight is 542 g/mol. The van der Waals surface area contributed by atoms with Gasteiger partial charge in [0.05, 0.1) is 10.7 Å². The van der Waals surface area contributed by atoms with Crippen LogP contribution in [0.4, 0.5) is 5.69 Å². The number of benzene rings is 1. The van der Waals surface area contributed by atoms with Crippen molar-refractivity contribution in [1.82, 2.24) is 15.6 Å². The highest BCUT2D eigenvalue weighted by molar-refractivity contribution is 14.0. The van der Waals surface area contributed by atoms with Gasteiger partial charge in [-0.1, -0.05) is 39.0 Å². The van der Waals surface area contributed by atoms with Gasteiger partial charge in [-0.25, -0.2) is 4.98 Å². The van der Waals surface area contributed by atoms with Gasteiger partial charge in [-0.15, -0.1) is 35.3 Å². The summed E-state index contributed by atoms with van der Waals surface area (Å²) < 4.78 is 0. The minimum Gasteiger partial charge on any atom is -0.371 e. The molecule has 2 N–H and O–H groups in total. The van der Waals surface area contributed by atoms with Gasteiger partial charge in [0.1, 0.15) is 0 Å². The minimum atomic E-state index is 0. The molecule has 166 valence electrons. The summed E-state index contributed by atoms with van der Waals surface area (Å²) in [6.45, 7) is 12.5. The van der Waals surface area contributed by atoms with E-state index >= 15 is 0 Å². The monoisotopic (exact) mass is 541 g/mol. The summed E-state index contributed by atoms with van der Waals surface area (Å²) in [5, 5.41) is 10.4. The lowest BCUT2D eigenvalue weighted by atomic mass is 9.93. The molecule has 0 radical (unpaired) electrons. The first-order chi connectivity index (χ1) is 14.0. The largest absolute Gasteiger partial charge is 0.371 e. The highest BCUT2D eigenvalue weighted by atomic mass is 127. The molecule has 7 heteroatoms. The maximum Gasteiger partial charge on any atom is 0.191 e. The van der Waals surface area contributed by atoms with Gasteiger partial charge in [0.15, 0.2) is 5.96 Å². The number of hydrogen-bond donors (Lipinski definition) is 2. The Labute approximate surface area is 202 Å². The van der Waals surface area contributed by atoms with E-state index in [1.54, 1.807) is 11.3 Å². The van der Waals surface area contributed by atoms with Crippen molar-refractivity contribution in [1.29, 1.82) is 0 Å². The molecule has 1 aromatic carbocycles. The summed E-state index contributed by atoms with van der Waals surface area (Å²) in [6.07, 6.45) is 3.14. The number of hydrogen-bond acceptors (Lipinski definition) is 4. The standard InChI is InChI=1S/C23H35N5S.HI/c1-5-24-22(25-14-11-21-27-20(17-29-21)23(2,3)4)26-18-12-15-28(16-13-18)19-9-7-6-8-10-19;/h6-10,17-18H,5,11-16H2,1-4H3,(H2,24,25,26);1H. The van der Waals surface area contributed by atoms with Crippen molar-refractivity contribution in [3.63, 3.8) is 0 Å². The van der Waals surface area contributed by atoms with Gasteiger partial charge in [-0.2, -0.15) is 0 Å². The molecule has 0 amide bonds. The van der Waals surface area contributed by atoms with Crippen LogP contribution < -0.4 is 15.5 Å². The smallest absolute Gasteiger partial charge is 0.191 e. The van der Waals surface area contributed by atoms with E-state index in [-0.39, 0.29) is 29.4 Å². The fraction of sp³-hybridized carbons (Fsp3) is 0.565. The molecule has 0 bridgehead atoms. The average Bonchev–Trinajstić information content (AvgIpc) is 3.19. The van der Waals surface area contributed by atoms with E-state index < -0.39 is 0 Å². The molecule has 2 aromatic rings. The van der Waals surface area contributed by atoms with E-state index in [0.29, 0.717) is 6.04 Å². The van der Waals surface area contributed by atoms with Crippen molar-refractivity contribution in [3.8, 4) is 0 Å². The highest BCUT2D eigenvalue weighted by Crippen LogP contribution is 2.24. The predicted octanol–water partition coefficient (Wildman–Crippen LogP) is 4.83. The Hall–Kier alpha value is -1.35. The fourth-order valence-electron chi connectivity index (χ4n) is 3.47. The summed E-state index contributed by atoms with van der Waals surface area (Å²) in [5.74, 6) is 0.929. The van der Waals surface area contributed by atoms with Gasteiger partial charge < -0.3 is 15.5 Å². The molecule has 1 aliphatic rings. The molecule has 0 atom stereocenters. The lowest BCUT2D eigenvalue weighted by Crippen LogP contribution is -2.48. The molecule has 30 heavy (non-hydrogen) atoms. The van der Waals surface area contributed by atoms with Crippen LogP contribution in [-0.4, -0.2) is 43.2 Å². The van der Waals surface area contributed by atoms with Crippen LogP contribution in [0.2, 0.25) is 0 Å². The maximum absolute atomic E-state index is 4.80. The maximum atomic E-state index is 4.80. The van der Waals surface area contributed by atoms with Crippen LogP contribution in [0.15, 0.2) is 40.7 Å². The zero-order valence-electron chi connectivity index (χ0n) is 18.6. The second-order valence-corrected chi connectivity index (χ2v) is 9.57. The lowest BCUT2D eigenvalue weighted by molar-refractivity contribution is 0.461. The molecular formula is C23H36IN5S. The molecule has 1 fully saturated rings. The molecule has 1 saturated heterocycles. The Morgan fingerprint density at radius 2 is 1.90 bits per heavy atom. The number of piperidine rings is 1. The van der Waals surface area contributed by atoms with Crippen LogP contribution in [-0.2, 0) is 11.8 Å². The Balaban J connectivity index is 0.00000320. The van der Waals surface area contributed by atoms with E-state index in [1.165, 1.54) is 16.4 Å². The van der Waals surface area contributed by atoms with Crippen molar-refractivity contribution in [2.45, 2.75) is 58.4 Å². The molecule has 3 rings (SSSR count). The minimum absolute atomic E-state index is 0. The van der Waals surface area contributed by atoms with Crippen LogP contribution in [0, 0.1) is 0 Å². The fourth-order valence-corrected chi connectivity index (χ4v) is 4.48. The van der Waals surface area contributed by atoms with E-state index in [2.05, 4.69) is 78.9 Å². The second-order valence-electron chi connectivity index (χ2n) is 8.63. The van der Waals surface area contributed by atoms with E-state index in [0.717, 1.165) is 51.4 Å². The van der Waals surface area contributed by atoms with Crippen molar-refractivity contribution in [2.24, 2.45) is 4.99 Å². The zero-order chi connectivity index (χ0) is 20.7. The Bertz CT molecular complexity index is 776. The van der Waals surface area contributed by atoms with E-state index in [9.17, 15) is 0 Å². The van der Waals surface area contributed by atoms with Crippen LogP contribution in [0.25, 0.3) is 0 Å². The number of para-hydroxylation sites is 1. The molecular weight excluding hydrogens is 505 g/mol. The number of aromatic nitrogens is 1. The number of nitrogens with zero attached hydrogens (tertiary/aromatic N) is 3. The molecule has 0 unspecified atom stereocenters. The zero-order valence-corrected chi connectivity index (χ0v) is 21.8. The highest BCUT2D eigenvalue weighted by Gasteiger charge is 2.20. The first kappa shape index (κ1) is 24.9. The Kier molecular flexibility index (Phi) is 9.87. The van der Waals surface area contributed by atoms with Gasteiger partial charge in [0, 0.05) is 55.1 Å². The van der Waals surface area contributed by atoms with Gasteiger partial charge in [0.25, 0.3) is 0 Å². The topological polar surface area (TPSA) is 52.6 Å². The third kappa shape index (κ3) is 7.41. The number of halogens is 1. The molecule has 2 heterocycles. The number of rotatable bonds is 6. The number of nitrogens with one attached hydrogen (secondary N) is 2. The van der Waals surface area contributed by atoms with E-state index in [1.807, 2.05) is 0 Å². The van der Waals surface area contributed by atoms with Crippen molar-refractivity contribution in [3.05, 3.63) is 46.4 Å². The van der Waals surface area contributed by atoms with Crippen LogP contribution in [0.3, 0.4) is 0 Å². The predicted molar refractivity (Wildman–Crippen MR) is 141 cm³/mol. The van der Waals surface area contributed by atoms with Crippen LogP contribution >= 0.6 is 35.3 Å². The van der Waals surface area contributed by atoms with Gasteiger partial charge >= 0.3 is 0 Å². The van der Waals surface area contributed by atoms with Crippen LogP contribution in [0.1, 0.15) is 51.2 Å². The molecule has 5 nitrogen and oxygen atoms in total. The van der Waals surface area contributed by atoms with E-state index in [4.69, 9.17) is 9.98 Å². The summed E-state index contributed by atoms with van der Waals surface area (Å²) in [5.41, 5.74) is 2.62. The quantitative estimate of drug-likeness (QED) is 0.313. The lowest BCUT2D eigenvalue weighted by Gasteiger charge is -2.34. The summed E-state index contributed by atoms with van der Waals surface area (Å²) in [4.78, 5) is 12.0. The molecule has 1 aliphatic heterocycles. The second kappa shape index (κ2) is 11.9. The van der Waals surface area contributed by atoms with Gasteiger partial charge in [0.2, 0.25) is 0 Å². The normalized spacial score (nSPS) is 15.6. The molecule has 0 saturated carbocycles. The Morgan fingerprint density at radius 1 is 1.20 bits per heavy atom. The molecule has 1 aromatic heterocycles. The molecule has 0 aliphatic carbocycles. The number of thiazole rings is 1.